The maximum absolute atomic E-state index is 12.2. The summed E-state index contributed by atoms with van der Waals surface area (Å²) in [5, 5.41) is 9.31. The summed E-state index contributed by atoms with van der Waals surface area (Å²) in [4.78, 5) is 17.9. The number of amides is 1. The van der Waals surface area contributed by atoms with Crippen LogP contribution in [0.25, 0.3) is 0 Å². The van der Waals surface area contributed by atoms with Crippen LogP contribution in [0.4, 0.5) is 4.79 Å². The first-order valence-corrected chi connectivity index (χ1v) is 9.60. The van der Waals surface area contributed by atoms with Crippen molar-refractivity contribution in [2.45, 2.75) is 78.0 Å². The van der Waals surface area contributed by atoms with E-state index in [4.69, 9.17) is 9.47 Å². The molecule has 1 amide bonds. The van der Waals surface area contributed by atoms with Gasteiger partial charge in [0, 0.05) is 31.2 Å². The SMILES string of the molecule is C=N/C(OC1CCC(N(C)C(=O)OC(C)(C)C)CC1)=C(\C)C(=C)[C@H](C)CO. The van der Waals surface area contributed by atoms with E-state index in [-0.39, 0.29) is 30.8 Å². The molecule has 0 spiro atoms. The summed E-state index contributed by atoms with van der Waals surface area (Å²) in [6.07, 6.45) is 3.08. The normalized spacial score (nSPS) is 22.3. The van der Waals surface area contributed by atoms with Crippen LogP contribution in [0.1, 0.15) is 60.3 Å². The smallest absolute Gasteiger partial charge is 0.410 e. The third kappa shape index (κ3) is 7.01. The van der Waals surface area contributed by atoms with Gasteiger partial charge in [-0.3, -0.25) is 0 Å². The van der Waals surface area contributed by atoms with E-state index in [0.29, 0.717) is 5.88 Å². The van der Waals surface area contributed by atoms with E-state index < -0.39 is 5.60 Å². The number of allylic oxidation sites excluding steroid dienone is 1. The molecular formula is C21H36N2O4. The minimum atomic E-state index is -0.493. The molecule has 1 rings (SSSR count). The van der Waals surface area contributed by atoms with Crippen molar-refractivity contribution in [3.63, 3.8) is 0 Å². The van der Waals surface area contributed by atoms with Crippen LogP contribution in [0.5, 0.6) is 0 Å². The Hall–Kier alpha value is -1.82. The molecule has 0 aromatic rings. The number of carbonyl (C=O) groups is 1. The van der Waals surface area contributed by atoms with Gasteiger partial charge >= 0.3 is 6.09 Å². The number of aliphatic hydroxyl groups excluding tert-OH is 1. The summed E-state index contributed by atoms with van der Waals surface area (Å²) in [7, 11) is 1.79. The summed E-state index contributed by atoms with van der Waals surface area (Å²) >= 11 is 0. The summed E-state index contributed by atoms with van der Waals surface area (Å²) < 4.78 is 11.5. The number of hydrogen-bond donors (Lipinski definition) is 1. The molecule has 0 aliphatic heterocycles. The number of aliphatic imine (C=N–C) groups is 1. The van der Waals surface area contributed by atoms with E-state index >= 15 is 0 Å². The molecule has 1 aliphatic carbocycles. The van der Waals surface area contributed by atoms with Gasteiger partial charge in [0.2, 0.25) is 5.88 Å². The number of nitrogens with zero attached hydrogens (tertiary/aromatic N) is 2. The molecule has 0 heterocycles. The largest absolute Gasteiger partial charge is 0.474 e. The fourth-order valence-electron chi connectivity index (χ4n) is 3.05. The van der Waals surface area contributed by atoms with Gasteiger partial charge in [0.15, 0.2) is 0 Å². The second-order valence-corrected chi connectivity index (χ2v) is 8.34. The Morgan fingerprint density at radius 2 is 1.85 bits per heavy atom. The summed E-state index contributed by atoms with van der Waals surface area (Å²) in [6, 6.07) is 0.147. The van der Waals surface area contributed by atoms with Crippen molar-refractivity contribution < 1.29 is 19.4 Å². The minimum Gasteiger partial charge on any atom is -0.474 e. The van der Waals surface area contributed by atoms with Crippen LogP contribution in [0, 0.1) is 5.92 Å². The van der Waals surface area contributed by atoms with Gasteiger partial charge in [0.1, 0.15) is 11.7 Å². The zero-order valence-electron chi connectivity index (χ0n) is 17.7. The van der Waals surface area contributed by atoms with Crippen LogP contribution >= 0.6 is 0 Å². The van der Waals surface area contributed by atoms with Crippen LogP contribution in [0.15, 0.2) is 28.6 Å². The lowest BCUT2D eigenvalue weighted by Gasteiger charge is -2.35. The van der Waals surface area contributed by atoms with Crippen LogP contribution in [0.2, 0.25) is 0 Å². The van der Waals surface area contributed by atoms with Crippen LogP contribution in [0.3, 0.4) is 0 Å². The van der Waals surface area contributed by atoms with Gasteiger partial charge in [-0.05, 0) is 65.7 Å². The van der Waals surface area contributed by atoms with Crippen molar-refractivity contribution >= 4 is 12.8 Å². The van der Waals surface area contributed by atoms with Gasteiger partial charge < -0.3 is 19.5 Å². The first-order valence-electron chi connectivity index (χ1n) is 9.60. The molecule has 6 heteroatoms. The number of carbonyl (C=O) groups excluding carboxylic acids is 1. The third-order valence-electron chi connectivity index (χ3n) is 4.97. The Bertz CT molecular complexity index is 569. The molecule has 27 heavy (non-hydrogen) atoms. The molecule has 1 N–H and O–H groups in total. The average Bonchev–Trinajstić information content (AvgIpc) is 2.62. The van der Waals surface area contributed by atoms with Gasteiger partial charge in [-0.15, -0.1) is 0 Å². The van der Waals surface area contributed by atoms with E-state index in [9.17, 15) is 9.90 Å². The summed E-state index contributed by atoms with van der Waals surface area (Å²) in [5.74, 6) is 0.424. The zero-order valence-corrected chi connectivity index (χ0v) is 17.7. The molecule has 1 saturated carbocycles. The fourth-order valence-corrected chi connectivity index (χ4v) is 3.05. The maximum atomic E-state index is 12.2. The quantitative estimate of drug-likeness (QED) is 0.406. The van der Waals surface area contributed by atoms with Crippen LogP contribution < -0.4 is 0 Å². The van der Waals surface area contributed by atoms with E-state index in [0.717, 1.165) is 36.8 Å². The molecule has 1 fully saturated rings. The van der Waals surface area contributed by atoms with E-state index in [1.807, 2.05) is 34.6 Å². The Morgan fingerprint density at radius 3 is 2.30 bits per heavy atom. The van der Waals surface area contributed by atoms with Crippen LogP contribution in [-0.2, 0) is 9.47 Å². The Labute approximate surface area is 163 Å². The third-order valence-corrected chi connectivity index (χ3v) is 4.97. The second kappa shape index (κ2) is 9.93. The highest BCUT2D eigenvalue weighted by Gasteiger charge is 2.30. The monoisotopic (exact) mass is 380 g/mol. The van der Waals surface area contributed by atoms with Crippen molar-refractivity contribution in [3.8, 4) is 0 Å². The summed E-state index contributed by atoms with van der Waals surface area (Å²) in [5.41, 5.74) is 1.13. The fraction of sp³-hybridized carbons (Fsp3) is 0.714. The van der Waals surface area contributed by atoms with Gasteiger partial charge in [-0.25, -0.2) is 9.79 Å². The van der Waals surface area contributed by atoms with Crippen molar-refractivity contribution in [3.05, 3.63) is 23.6 Å². The standard InChI is InChI=1S/C21H36N2O4/c1-14(13-24)15(2)16(3)19(22-7)26-18-11-9-17(10-12-18)23(8)20(25)27-21(4,5)6/h14,17-18,24H,2,7,9-13H2,1,3-6,8H3/b19-16-/t14-,17?,18?/m1/s1. The molecule has 6 nitrogen and oxygen atoms in total. The van der Waals surface area contributed by atoms with E-state index in [1.165, 1.54) is 0 Å². The molecular weight excluding hydrogens is 344 g/mol. The molecule has 0 saturated heterocycles. The topological polar surface area (TPSA) is 71.4 Å². The lowest BCUT2D eigenvalue weighted by molar-refractivity contribution is 0.00814. The van der Waals surface area contributed by atoms with Crippen LogP contribution in [-0.4, -0.2) is 54.2 Å². The Morgan fingerprint density at radius 1 is 1.30 bits per heavy atom. The zero-order chi connectivity index (χ0) is 20.8. The Kier molecular flexibility index (Phi) is 8.54. The van der Waals surface area contributed by atoms with Crippen molar-refractivity contribution in [1.82, 2.24) is 4.90 Å². The number of rotatable bonds is 7. The molecule has 154 valence electrons. The van der Waals surface area contributed by atoms with E-state index in [2.05, 4.69) is 18.3 Å². The second-order valence-electron chi connectivity index (χ2n) is 8.34. The van der Waals surface area contributed by atoms with Gasteiger partial charge in [0.05, 0.1) is 0 Å². The number of aliphatic hydroxyl groups is 1. The maximum Gasteiger partial charge on any atom is 0.410 e. The van der Waals surface area contributed by atoms with Crippen molar-refractivity contribution in [2.24, 2.45) is 10.9 Å². The molecule has 1 aliphatic rings. The first-order chi connectivity index (χ1) is 12.5. The molecule has 0 unspecified atom stereocenters. The molecule has 1 atom stereocenters. The van der Waals surface area contributed by atoms with Gasteiger partial charge in [-0.1, -0.05) is 13.5 Å². The highest BCUT2D eigenvalue weighted by Crippen LogP contribution is 2.29. The van der Waals surface area contributed by atoms with Crippen molar-refractivity contribution in [2.75, 3.05) is 13.7 Å². The lowest BCUT2D eigenvalue weighted by atomic mass is 9.92. The predicted octanol–water partition coefficient (Wildman–Crippen LogP) is 4.30. The lowest BCUT2D eigenvalue weighted by Crippen LogP contribution is -2.43. The van der Waals surface area contributed by atoms with Gasteiger partial charge in [-0.2, -0.15) is 0 Å². The number of ether oxygens (including phenoxy) is 2. The molecule has 0 aromatic heterocycles. The highest BCUT2D eigenvalue weighted by molar-refractivity contribution is 5.68. The average molecular weight is 381 g/mol. The predicted molar refractivity (Wildman–Crippen MR) is 109 cm³/mol. The first kappa shape index (κ1) is 23.2. The minimum absolute atomic E-state index is 0.0287. The highest BCUT2D eigenvalue weighted by atomic mass is 16.6. The number of hydrogen-bond acceptors (Lipinski definition) is 5. The van der Waals surface area contributed by atoms with Gasteiger partial charge in [0.25, 0.3) is 0 Å². The van der Waals surface area contributed by atoms with Crippen molar-refractivity contribution in [1.29, 1.82) is 0 Å². The molecule has 0 radical (unpaired) electrons. The Balaban J connectivity index is 2.65. The van der Waals surface area contributed by atoms with E-state index in [1.54, 1.807) is 11.9 Å². The molecule has 0 aromatic carbocycles. The summed E-state index contributed by atoms with van der Waals surface area (Å²) in [6.45, 7) is 17.1. The molecule has 0 bridgehead atoms.